The van der Waals surface area contributed by atoms with E-state index in [2.05, 4.69) is 16.8 Å². The van der Waals surface area contributed by atoms with Crippen molar-refractivity contribution in [2.75, 3.05) is 5.75 Å². The normalized spacial score (nSPS) is 8.81. The summed E-state index contributed by atoms with van der Waals surface area (Å²) in [7, 11) is 0. The zero-order chi connectivity index (χ0) is 12.0. The number of rotatable bonds is 1. The Labute approximate surface area is 103 Å². The third-order valence-corrected chi connectivity index (χ3v) is 2.54. The van der Waals surface area contributed by atoms with Crippen molar-refractivity contribution in [1.29, 1.82) is 5.26 Å². The SMILES string of the molecule is CC(=O)SCC#Cc1cnc(Cl)c(C#N)c1. The molecule has 5 heteroatoms. The highest BCUT2D eigenvalue weighted by Crippen LogP contribution is 2.12. The minimum absolute atomic E-state index is 0.0289. The van der Waals surface area contributed by atoms with E-state index < -0.39 is 0 Å². The molecule has 0 aliphatic heterocycles. The first-order valence-corrected chi connectivity index (χ1v) is 5.67. The van der Waals surface area contributed by atoms with Crippen molar-refractivity contribution < 1.29 is 4.79 Å². The average Bonchev–Trinajstić information content (AvgIpc) is 2.26. The predicted molar refractivity (Wildman–Crippen MR) is 64.0 cm³/mol. The first-order valence-electron chi connectivity index (χ1n) is 4.31. The highest BCUT2D eigenvalue weighted by molar-refractivity contribution is 8.13. The molecule has 0 unspecified atom stereocenters. The Bertz CT molecular complexity index is 511. The van der Waals surface area contributed by atoms with Crippen LogP contribution in [0.3, 0.4) is 0 Å². The molecule has 0 atom stereocenters. The Hall–Kier alpha value is -1.49. The van der Waals surface area contributed by atoms with Crippen molar-refractivity contribution >= 4 is 28.5 Å². The molecule has 1 aromatic heterocycles. The first kappa shape index (κ1) is 12.6. The molecule has 0 fully saturated rings. The first-order chi connectivity index (χ1) is 7.63. The lowest BCUT2D eigenvalue weighted by atomic mass is 10.2. The topological polar surface area (TPSA) is 53.8 Å². The van der Waals surface area contributed by atoms with Gasteiger partial charge in [0.05, 0.1) is 11.3 Å². The summed E-state index contributed by atoms with van der Waals surface area (Å²) in [5.74, 6) is 6.04. The standard InChI is InChI=1S/C11H7ClN2OS/c1-8(15)16-4-2-3-9-5-10(6-13)11(12)14-7-9/h5,7H,4H2,1H3. The summed E-state index contributed by atoms with van der Waals surface area (Å²) in [4.78, 5) is 14.5. The number of nitrogens with zero attached hydrogens (tertiary/aromatic N) is 2. The zero-order valence-electron chi connectivity index (χ0n) is 8.45. The van der Waals surface area contributed by atoms with Crippen LogP contribution in [-0.2, 0) is 4.79 Å². The molecule has 0 amide bonds. The molecule has 0 spiro atoms. The fourth-order valence-corrected chi connectivity index (χ4v) is 1.36. The molecule has 0 bridgehead atoms. The Morgan fingerprint density at radius 1 is 1.69 bits per heavy atom. The highest BCUT2D eigenvalue weighted by Gasteiger charge is 2.00. The molecule has 0 N–H and O–H groups in total. The lowest BCUT2D eigenvalue weighted by Crippen LogP contribution is -1.86. The van der Waals surface area contributed by atoms with Crippen LogP contribution in [0.2, 0.25) is 5.15 Å². The van der Waals surface area contributed by atoms with E-state index in [-0.39, 0.29) is 10.3 Å². The summed E-state index contributed by atoms with van der Waals surface area (Å²) in [5.41, 5.74) is 0.915. The Morgan fingerprint density at radius 3 is 3.06 bits per heavy atom. The minimum Gasteiger partial charge on any atom is -0.288 e. The number of thioether (sulfide) groups is 1. The predicted octanol–water partition coefficient (Wildman–Crippen LogP) is 2.24. The molecule has 0 aromatic carbocycles. The number of nitriles is 1. The molecule has 0 aliphatic rings. The molecule has 0 radical (unpaired) electrons. The maximum atomic E-state index is 10.6. The summed E-state index contributed by atoms with van der Waals surface area (Å²) >= 11 is 6.81. The minimum atomic E-state index is 0.0289. The molecular weight excluding hydrogens is 244 g/mol. The van der Waals surface area contributed by atoms with E-state index in [9.17, 15) is 4.79 Å². The number of carbonyl (C=O) groups excluding carboxylic acids is 1. The van der Waals surface area contributed by atoms with E-state index in [4.69, 9.17) is 16.9 Å². The van der Waals surface area contributed by atoms with Crippen LogP contribution in [0.15, 0.2) is 12.3 Å². The third kappa shape index (κ3) is 3.94. The number of carbonyl (C=O) groups is 1. The van der Waals surface area contributed by atoms with Gasteiger partial charge in [0.2, 0.25) is 0 Å². The molecule has 0 saturated heterocycles. The molecule has 1 heterocycles. The molecule has 0 aliphatic carbocycles. The van der Waals surface area contributed by atoms with Gasteiger partial charge < -0.3 is 0 Å². The number of aromatic nitrogens is 1. The van der Waals surface area contributed by atoms with Gasteiger partial charge in [-0.15, -0.1) is 0 Å². The van der Waals surface area contributed by atoms with Crippen LogP contribution in [0, 0.1) is 23.2 Å². The summed E-state index contributed by atoms with van der Waals surface area (Å²) in [6, 6.07) is 3.49. The van der Waals surface area contributed by atoms with Crippen molar-refractivity contribution in [3.63, 3.8) is 0 Å². The van der Waals surface area contributed by atoms with Gasteiger partial charge >= 0.3 is 0 Å². The second-order valence-electron chi connectivity index (χ2n) is 2.76. The zero-order valence-corrected chi connectivity index (χ0v) is 10.0. The van der Waals surface area contributed by atoms with E-state index in [0.717, 1.165) is 11.8 Å². The van der Waals surface area contributed by atoms with Gasteiger partial charge in [0.25, 0.3) is 0 Å². The van der Waals surface area contributed by atoms with Crippen molar-refractivity contribution in [1.82, 2.24) is 4.98 Å². The number of hydrogen-bond donors (Lipinski definition) is 0. The summed E-state index contributed by atoms with van der Waals surface area (Å²) in [6.07, 6.45) is 1.49. The average molecular weight is 251 g/mol. The molecule has 1 aromatic rings. The van der Waals surface area contributed by atoms with Crippen LogP contribution >= 0.6 is 23.4 Å². The van der Waals surface area contributed by atoms with Gasteiger partial charge in [-0.05, 0) is 6.07 Å². The maximum Gasteiger partial charge on any atom is 0.186 e. The maximum absolute atomic E-state index is 10.6. The lowest BCUT2D eigenvalue weighted by Gasteiger charge is -1.93. The van der Waals surface area contributed by atoms with Gasteiger partial charge in [-0.2, -0.15) is 5.26 Å². The molecular formula is C11H7ClN2OS. The van der Waals surface area contributed by atoms with Gasteiger partial charge in [0.15, 0.2) is 5.12 Å². The Morgan fingerprint density at radius 2 is 2.44 bits per heavy atom. The summed E-state index contributed by atoms with van der Waals surface area (Å²) in [6.45, 7) is 1.49. The fraction of sp³-hybridized carbons (Fsp3) is 0.182. The van der Waals surface area contributed by atoms with Crippen LogP contribution in [0.4, 0.5) is 0 Å². The summed E-state index contributed by atoms with van der Waals surface area (Å²) in [5, 5.41) is 8.92. The quantitative estimate of drug-likeness (QED) is 0.567. The van der Waals surface area contributed by atoms with Crippen molar-refractivity contribution in [2.45, 2.75) is 6.92 Å². The fourth-order valence-electron chi connectivity index (χ4n) is 0.871. The second-order valence-corrected chi connectivity index (χ2v) is 4.27. The van der Waals surface area contributed by atoms with Gasteiger partial charge in [-0.25, -0.2) is 4.98 Å². The van der Waals surface area contributed by atoms with Crippen LogP contribution in [0.25, 0.3) is 0 Å². The largest absolute Gasteiger partial charge is 0.288 e. The van der Waals surface area contributed by atoms with Crippen molar-refractivity contribution in [3.05, 3.63) is 28.5 Å². The van der Waals surface area contributed by atoms with Crippen LogP contribution < -0.4 is 0 Å². The van der Waals surface area contributed by atoms with Gasteiger partial charge in [-0.3, -0.25) is 4.79 Å². The second kappa shape index (κ2) is 6.17. The van der Waals surface area contributed by atoms with Gasteiger partial charge in [0.1, 0.15) is 11.2 Å². The van der Waals surface area contributed by atoms with Gasteiger partial charge in [-0.1, -0.05) is 35.2 Å². The van der Waals surface area contributed by atoms with E-state index in [1.165, 1.54) is 13.1 Å². The Kier molecular flexibility index (Phi) is 4.85. The highest BCUT2D eigenvalue weighted by atomic mass is 35.5. The third-order valence-electron chi connectivity index (χ3n) is 1.54. The molecule has 16 heavy (non-hydrogen) atoms. The monoisotopic (exact) mass is 250 g/mol. The van der Waals surface area contributed by atoms with E-state index in [0.29, 0.717) is 16.9 Å². The molecule has 3 nitrogen and oxygen atoms in total. The van der Waals surface area contributed by atoms with Gasteiger partial charge in [0, 0.05) is 18.7 Å². The van der Waals surface area contributed by atoms with Crippen LogP contribution in [-0.4, -0.2) is 15.9 Å². The van der Waals surface area contributed by atoms with Crippen molar-refractivity contribution in [2.24, 2.45) is 0 Å². The molecule has 80 valence electrons. The van der Waals surface area contributed by atoms with E-state index >= 15 is 0 Å². The number of halogens is 1. The van der Waals surface area contributed by atoms with Crippen LogP contribution in [0.5, 0.6) is 0 Å². The van der Waals surface area contributed by atoms with E-state index in [1.807, 2.05) is 6.07 Å². The summed E-state index contributed by atoms with van der Waals surface area (Å²) < 4.78 is 0. The Balaban J connectivity index is 2.75. The smallest absolute Gasteiger partial charge is 0.186 e. The number of pyridine rings is 1. The molecule has 1 rings (SSSR count). The molecule has 0 saturated carbocycles. The lowest BCUT2D eigenvalue weighted by molar-refractivity contribution is -0.109. The van der Waals surface area contributed by atoms with Crippen LogP contribution in [0.1, 0.15) is 18.1 Å². The van der Waals surface area contributed by atoms with E-state index in [1.54, 1.807) is 6.07 Å². The van der Waals surface area contributed by atoms with Crippen molar-refractivity contribution in [3.8, 4) is 17.9 Å². The number of hydrogen-bond acceptors (Lipinski definition) is 4.